The van der Waals surface area contributed by atoms with E-state index in [9.17, 15) is 9.59 Å². The lowest BCUT2D eigenvalue weighted by atomic mass is 9.95. The van der Waals surface area contributed by atoms with Crippen LogP contribution in [0.5, 0.6) is 0 Å². The second-order valence-electron chi connectivity index (χ2n) is 6.51. The zero-order chi connectivity index (χ0) is 14.8. The van der Waals surface area contributed by atoms with Gasteiger partial charge in [-0.15, -0.1) is 0 Å². The standard InChI is InChI=1S/C15H26N2O3/c1-4-20-14(2,3)11-17-10-7-12(18)16-15(13(17)19)8-5-6-9-15/h4-11H2,1-3H3,(H,16,18). The predicted molar refractivity (Wildman–Crippen MR) is 76.2 cm³/mol. The molecule has 2 fully saturated rings. The minimum absolute atomic E-state index is 0.00281. The third-order valence-corrected chi connectivity index (χ3v) is 4.25. The number of hydrogen-bond acceptors (Lipinski definition) is 3. The van der Waals surface area contributed by atoms with Crippen molar-refractivity contribution in [2.45, 2.75) is 64.0 Å². The van der Waals surface area contributed by atoms with E-state index in [-0.39, 0.29) is 17.4 Å². The summed E-state index contributed by atoms with van der Waals surface area (Å²) in [5.74, 6) is 0.0746. The highest BCUT2D eigenvalue weighted by Gasteiger charge is 2.47. The van der Waals surface area contributed by atoms with Crippen LogP contribution in [0.3, 0.4) is 0 Å². The molecule has 0 bridgehead atoms. The van der Waals surface area contributed by atoms with Crippen LogP contribution >= 0.6 is 0 Å². The molecule has 5 heteroatoms. The molecule has 5 nitrogen and oxygen atoms in total. The fourth-order valence-corrected chi connectivity index (χ4v) is 3.39. The molecule has 2 aliphatic rings. The van der Waals surface area contributed by atoms with Crippen LogP contribution in [0.15, 0.2) is 0 Å². The van der Waals surface area contributed by atoms with Gasteiger partial charge >= 0.3 is 0 Å². The number of carbonyl (C=O) groups excluding carboxylic acids is 2. The highest BCUT2D eigenvalue weighted by molar-refractivity contribution is 5.93. The normalized spacial score (nSPS) is 23.1. The molecule has 1 saturated heterocycles. The average Bonchev–Trinajstić information content (AvgIpc) is 2.78. The second kappa shape index (κ2) is 5.72. The number of ether oxygens (including phenoxy) is 1. The molecule has 0 aromatic heterocycles. The molecule has 114 valence electrons. The lowest BCUT2D eigenvalue weighted by Gasteiger charge is -2.36. The summed E-state index contributed by atoms with van der Waals surface area (Å²) in [4.78, 5) is 26.6. The van der Waals surface area contributed by atoms with Gasteiger partial charge < -0.3 is 15.0 Å². The van der Waals surface area contributed by atoms with E-state index in [1.807, 2.05) is 25.7 Å². The lowest BCUT2D eigenvalue weighted by molar-refractivity contribution is -0.142. The minimum atomic E-state index is -0.643. The first kappa shape index (κ1) is 15.3. The summed E-state index contributed by atoms with van der Waals surface area (Å²) in [6.07, 6.45) is 3.94. The zero-order valence-electron chi connectivity index (χ0n) is 12.8. The molecule has 20 heavy (non-hydrogen) atoms. The molecule has 0 unspecified atom stereocenters. The molecule has 1 N–H and O–H groups in total. The zero-order valence-corrected chi connectivity index (χ0v) is 12.8. The van der Waals surface area contributed by atoms with Crippen molar-refractivity contribution in [1.82, 2.24) is 10.2 Å². The monoisotopic (exact) mass is 282 g/mol. The molecule has 1 aliphatic carbocycles. The predicted octanol–water partition coefficient (Wildman–Crippen LogP) is 1.46. The molecule has 2 amide bonds. The summed E-state index contributed by atoms with van der Waals surface area (Å²) in [6.45, 7) is 7.59. The first-order chi connectivity index (χ1) is 9.38. The number of nitrogens with zero attached hydrogens (tertiary/aromatic N) is 1. The largest absolute Gasteiger partial charge is 0.374 e. The van der Waals surface area contributed by atoms with Crippen molar-refractivity contribution in [2.24, 2.45) is 0 Å². The van der Waals surface area contributed by atoms with Gasteiger partial charge in [-0.1, -0.05) is 12.8 Å². The molecule has 1 spiro atoms. The van der Waals surface area contributed by atoms with E-state index in [2.05, 4.69) is 5.32 Å². The van der Waals surface area contributed by atoms with Crippen molar-refractivity contribution >= 4 is 11.8 Å². The Bertz CT molecular complexity index is 387. The highest BCUT2D eigenvalue weighted by Crippen LogP contribution is 2.33. The number of nitrogens with one attached hydrogen (secondary N) is 1. The smallest absolute Gasteiger partial charge is 0.248 e. The average molecular weight is 282 g/mol. The van der Waals surface area contributed by atoms with Gasteiger partial charge in [0.05, 0.1) is 5.60 Å². The third-order valence-electron chi connectivity index (χ3n) is 4.25. The van der Waals surface area contributed by atoms with Crippen LogP contribution in [-0.2, 0) is 14.3 Å². The second-order valence-corrected chi connectivity index (χ2v) is 6.51. The van der Waals surface area contributed by atoms with Gasteiger partial charge in [0.15, 0.2) is 0 Å². The van der Waals surface area contributed by atoms with Gasteiger partial charge in [0, 0.05) is 26.1 Å². The van der Waals surface area contributed by atoms with Crippen LogP contribution in [0, 0.1) is 0 Å². The first-order valence-corrected chi connectivity index (χ1v) is 7.63. The van der Waals surface area contributed by atoms with Crippen LogP contribution < -0.4 is 5.32 Å². The SMILES string of the molecule is CCOC(C)(C)CN1CCC(=O)NC2(CCCC2)C1=O. The maximum Gasteiger partial charge on any atom is 0.248 e. The number of carbonyl (C=O) groups is 2. The molecule has 2 rings (SSSR count). The third kappa shape index (κ3) is 3.14. The van der Waals surface area contributed by atoms with E-state index >= 15 is 0 Å². The van der Waals surface area contributed by atoms with Crippen LogP contribution in [0.4, 0.5) is 0 Å². The van der Waals surface area contributed by atoms with Crippen molar-refractivity contribution in [3.05, 3.63) is 0 Å². The summed E-state index contributed by atoms with van der Waals surface area (Å²) in [7, 11) is 0. The molecule has 0 radical (unpaired) electrons. The fraction of sp³-hybridized carbons (Fsp3) is 0.867. The molecular weight excluding hydrogens is 256 g/mol. The first-order valence-electron chi connectivity index (χ1n) is 7.63. The fourth-order valence-electron chi connectivity index (χ4n) is 3.39. The maximum atomic E-state index is 12.9. The van der Waals surface area contributed by atoms with Gasteiger partial charge in [0.1, 0.15) is 5.54 Å². The molecular formula is C15H26N2O3. The summed E-state index contributed by atoms with van der Waals surface area (Å²) in [5.41, 5.74) is -1.02. The van der Waals surface area contributed by atoms with E-state index in [0.29, 0.717) is 26.1 Å². The van der Waals surface area contributed by atoms with Gasteiger partial charge in [0.2, 0.25) is 11.8 Å². The number of rotatable bonds is 4. The highest BCUT2D eigenvalue weighted by atomic mass is 16.5. The van der Waals surface area contributed by atoms with E-state index in [1.54, 1.807) is 0 Å². The van der Waals surface area contributed by atoms with E-state index in [0.717, 1.165) is 25.7 Å². The molecule has 0 aromatic rings. The van der Waals surface area contributed by atoms with Gasteiger partial charge in [-0.25, -0.2) is 0 Å². The van der Waals surface area contributed by atoms with Crippen LogP contribution in [0.25, 0.3) is 0 Å². The Kier molecular flexibility index (Phi) is 4.37. The number of amides is 2. The van der Waals surface area contributed by atoms with Crippen molar-refractivity contribution < 1.29 is 14.3 Å². The van der Waals surface area contributed by atoms with E-state index in [4.69, 9.17) is 4.74 Å². The Morgan fingerprint density at radius 2 is 1.95 bits per heavy atom. The van der Waals surface area contributed by atoms with Gasteiger partial charge in [-0.3, -0.25) is 9.59 Å². The molecule has 1 aliphatic heterocycles. The van der Waals surface area contributed by atoms with E-state index in [1.165, 1.54) is 0 Å². The summed E-state index contributed by atoms with van der Waals surface area (Å²) < 4.78 is 5.70. The Hall–Kier alpha value is -1.10. The molecule has 1 heterocycles. The lowest BCUT2D eigenvalue weighted by Crippen LogP contribution is -2.57. The van der Waals surface area contributed by atoms with Gasteiger partial charge in [-0.2, -0.15) is 0 Å². The summed E-state index contributed by atoms with van der Waals surface area (Å²) >= 11 is 0. The Balaban J connectivity index is 2.16. The van der Waals surface area contributed by atoms with Crippen LogP contribution in [-0.4, -0.2) is 47.6 Å². The number of hydrogen-bond donors (Lipinski definition) is 1. The van der Waals surface area contributed by atoms with Crippen molar-refractivity contribution in [3.63, 3.8) is 0 Å². The quantitative estimate of drug-likeness (QED) is 0.849. The van der Waals surface area contributed by atoms with Crippen LogP contribution in [0.1, 0.15) is 52.9 Å². The van der Waals surface area contributed by atoms with Crippen LogP contribution in [0.2, 0.25) is 0 Å². The Morgan fingerprint density at radius 1 is 1.30 bits per heavy atom. The Labute approximate surface area is 121 Å². The summed E-state index contributed by atoms with van der Waals surface area (Å²) in [6, 6.07) is 0. The van der Waals surface area contributed by atoms with Crippen molar-refractivity contribution in [3.8, 4) is 0 Å². The molecule has 0 atom stereocenters. The van der Waals surface area contributed by atoms with Crippen molar-refractivity contribution in [1.29, 1.82) is 0 Å². The van der Waals surface area contributed by atoms with Gasteiger partial charge in [-0.05, 0) is 33.6 Å². The van der Waals surface area contributed by atoms with Crippen molar-refractivity contribution in [2.75, 3.05) is 19.7 Å². The molecule has 1 saturated carbocycles. The Morgan fingerprint density at radius 3 is 2.55 bits per heavy atom. The molecule has 0 aromatic carbocycles. The van der Waals surface area contributed by atoms with E-state index < -0.39 is 5.54 Å². The minimum Gasteiger partial charge on any atom is -0.374 e. The maximum absolute atomic E-state index is 12.9. The van der Waals surface area contributed by atoms with Gasteiger partial charge in [0.25, 0.3) is 0 Å². The topological polar surface area (TPSA) is 58.6 Å². The summed E-state index contributed by atoms with van der Waals surface area (Å²) in [5, 5.41) is 2.98.